The summed E-state index contributed by atoms with van der Waals surface area (Å²) in [4.78, 5) is 9.70. The number of nitrogens with zero attached hydrogens (tertiary/aromatic N) is 4. The molecule has 140 valence electrons. The monoisotopic (exact) mass is 388 g/mol. The second-order valence-electron chi connectivity index (χ2n) is 5.48. The summed E-state index contributed by atoms with van der Waals surface area (Å²) in [5.74, 6) is 0.0528. The van der Waals surface area contributed by atoms with Gasteiger partial charge in [0.05, 0.1) is 6.20 Å². The number of anilines is 1. The lowest BCUT2D eigenvalue weighted by atomic mass is 10.3. The van der Waals surface area contributed by atoms with Gasteiger partial charge in [0.15, 0.2) is 0 Å². The molecular weight excluding hydrogens is 373 g/mol. The minimum atomic E-state index is -4.77. The highest BCUT2D eigenvalue weighted by atomic mass is 32.2. The molecule has 0 aliphatic carbocycles. The van der Waals surface area contributed by atoms with Crippen molar-refractivity contribution in [3.8, 4) is 5.75 Å². The number of ether oxygens (including phenoxy) is 1. The second-order valence-corrected chi connectivity index (χ2v) is 7.42. The van der Waals surface area contributed by atoms with E-state index in [0.29, 0.717) is 18.9 Å². The van der Waals surface area contributed by atoms with E-state index in [1.807, 2.05) is 0 Å². The van der Waals surface area contributed by atoms with Crippen LogP contribution in [-0.4, -0.2) is 55.2 Å². The van der Waals surface area contributed by atoms with E-state index in [0.717, 1.165) is 6.20 Å². The largest absolute Gasteiger partial charge is 0.573 e. The normalized spacial score (nSPS) is 16.5. The molecule has 0 amide bonds. The summed E-state index contributed by atoms with van der Waals surface area (Å²) in [5.41, 5.74) is 0. The number of hydrogen-bond donors (Lipinski definition) is 0. The molecule has 26 heavy (non-hydrogen) atoms. The van der Waals surface area contributed by atoms with Crippen LogP contribution < -0.4 is 9.64 Å². The van der Waals surface area contributed by atoms with E-state index >= 15 is 0 Å². The van der Waals surface area contributed by atoms with Gasteiger partial charge in [-0.15, -0.1) is 13.2 Å². The lowest BCUT2D eigenvalue weighted by Gasteiger charge is -2.34. The predicted octanol–water partition coefficient (Wildman–Crippen LogP) is 1.89. The van der Waals surface area contributed by atoms with Gasteiger partial charge in [-0.25, -0.2) is 13.4 Å². The van der Waals surface area contributed by atoms with E-state index < -0.39 is 22.1 Å². The third-order valence-corrected chi connectivity index (χ3v) is 5.67. The van der Waals surface area contributed by atoms with Crippen LogP contribution in [0.15, 0.2) is 47.8 Å². The molecule has 1 aliphatic rings. The number of alkyl halides is 3. The topological polar surface area (TPSA) is 75.6 Å². The molecule has 3 rings (SSSR count). The van der Waals surface area contributed by atoms with Crippen molar-refractivity contribution in [2.75, 3.05) is 31.1 Å². The fourth-order valence-corrected chi connectivity index (χ4v) is 3.95. The highest BCUT2D eigenvalue weighted by Crippen LogP contribution is 2.24. The van der Waals surface area contributed by atoms with Crippen molar-refractivity contribution in [3.05, 3.63) is 42.9 Å². The second kappa shape index (κ2) is 7.08. The number of hydrogen-bond acceptors (Lipinski definition) is 6. The van der Waals surface area contributed by atoms with Crippen LogP contribution >= 0.6 is 0 Å². The van der Waals surface area contributed by atoms with Crippen LogP contribution in [0.1, 0.15) is 0 Å². The van der Waals surface area contributed by atoms with Gasteiger partial charge in [-0.3, -0.25) is 4.98 Å². The first-order chi connectivity index (χ1) is 12.3. The molecule has 0 aromatic carbocycles. The Morgan fingerprint density at radius 1 is 1.04 bits per heavy atom. The summed E-state index contributed by atoms with van der Waals surface area (Å²) in [5, 5.41) is 0. The van der Waals surface area contributed by atoms with Gasteiger partial charge in [-0.2, -0.15) is 4.31 Å². The van der Waals surface area contributed by atoms with Crippen LogP contribution in [0.3, 0.4) is 0 Å². The molecular formula is C15H15F3N4O3S. The zero-order valence-electron chi connectivity index (χ0n) is 13.4. The third kappa shape index (κ3) is 4.22. The Hall–Kier alpha value is -2.40. The Labute approximate surface area is 148 Å². The number of halogens is 3. The van der Waals surface area contributed by atoms with Gasteiger partial charge in [0.1, 0.15) is 16.5 Å². The van der Waals surface area contributed by atoms with Crippen molar-refractivity contribution in [1.29, 1.82) is 0 Å². The van der Waals surface area contributed by atoms with E-state index in [1.54, 1.807) is 11.0 Å². The Bertz CT molecular complexity index is 837. The van der Waals surface area contributed by atoms with Crippen molar-refractivity contribution in [3.63, 3.8) is 0 Å². The standard InChI is InChI=1S/C15H15F3N4O3S/c16-15(17,18)25-12-3-4-14(20-10-12)21-6-8-22(9-7-21)26(23,24)13-2-1-5-19-11-13/h1-5,10-11H,6-9H2. The van der Waals surface area contributed by atoms with Crippen molar-refractivity contribution in [1.82, 2.24) is 14.3 Å². The Kier molecular flexibility index (Phi) is 5.01. The first-order valence-corrected chi connectivity index (χ1v) is 9.07. The molecule has 11 heteroatoms. The molecule has 0 atom stereocenters. The van der Waals surface area contributed by atoms with Gasteiger partial charge in [-0.05, 0) is 24.3 Å². The van der Waals surface area contributed by atoms with Gasteiger partial charge in [0.25, 0.3) is 0 Å². The van der Waals surface area contributed by atoms with Crippen LogP contribution in [0, 0.1) is 0 Å². The summed E-state index contributed by atoms with van der Waals surface area (Å²) in [7, 11) is -3.62. The summed E-state index contributed by atoms with van der Waals surface area (Å²) < 4.78 is 66.7. The van der Waals surface area contributed by atoms with Crippen LogP contribution in [0.2, 0.25) is 0 Å². The molecule has 0 spiro atoms. The Morgan fingerprint density at radius 3 is 2.31 bits per heavy atom. The smallest absolute Gasteiger partial charge is 0.404 e. The fourth-order valence-electron chi connectivity index (χ4n) is 2.56. The zero-order chi connectivity index (χ0) is 18.8. The summed E-state index contributed by atoms with van der Waals surface area (Å²) >= 11 is 0. The number of rotatable bonds is 4. The molecule has 0 N–H and O–H groups in total. The number of pyridine rings is 2. The molecule has 0 bridgehead atoms. The van der Waals surface area contributed by atoms with Crippen LogP contribution in [0.25, 0.3) is 0 Å². The van der Waals surface area contributed by atoms with Gasteiger partial charge in [0.2, 0.25) is 10.0 Å². The maximum Gasteiger partial charge on any atom is 0.573 e. The van der Waals surface area contributed by atoms with Crippen LogP contribution in [0.4, 0.5) is 19.0 Å². The predicted molar refractivity (Wildman–Crippen MR) is 86.1 cm³/mol. The molecule has 3 heterocycles. The highest BCUT2D eigenvalue weighted by Gasteiger charge is 2.32. The summed E-state index contributed by atoms with van der Waals surface area (Å²) in [6, 6.07) is 5.62. The average molecular weight is 388 g/mol. The lowest BCUT2D eigenvalue weighted by Crippen LogP contribution is -2.48. The highest BCUT2D eigenvalue weighted by molar-refractivity contribution is 7.89. The molecule has 1 fully saturated rings. The minimum Gasteiger partial charge on any atom is -0.404 e. The van der Waals surface area contributed by atoms with Crippen molar-refractivity contribution < 1.29 is 26.3 Å². The fraction of sp³-hybridized carbons (Fsp3) is 0.333. The van der Waals surface area contributed by atoms with Gasteiger partial charge in [-0.1, -0.05) is 0 Å². The average Bonchev–Trinajstić information content (AvgIpc) is 2.62. The Morgan fingerprint density at radius 2 is 1.77 bits per heavy atom. The van der Waals surface area contributed by atoms with Crippen molar-refractivity contribution in [2.45, 2.75) is 11.3 Å². The molecule has 2 aromatic rings. The molecule has 7 nitrogen and oxygen atoms in total. The number of sulfonamides is 1. The number of piperazine rings is 1. The zero-order valence-corrected chi connectivity index (χ0v) is 14.2. The van der Waals surface area contributed by atoms with Gasteiger partial charge < -0.3 is 9.64 Å². The SMILES string of the molecule is O=S(=O)(c1cccnc1)N1CCN(c2ccc(OC(F)(F)F)cn2)CC1. The van der Waals surface area contributed by atoms with E-state index in [-0.39, 0.29) is 18.0 Å². The molecule has 0 saturated carbocycles. The maximum absolute atomic E-state index is 12.5. The molecule has 1 saturated heterocycles. The van der Waals surface area contributed by atoms with E-state index in [4.69, 9.17) is 0 Å². The molecule has 1 aliphatic heterocycles. The van der Waals surface area contributed by atoms with E-state index in [1.165, 1.54) is 34.9 Å². The van der Waals surface area contributed by atoms with Crippen molar-refractivity contribution in [2.24, 2.45) is 0 Å². The quantitative estimate of drug-likeness (QED) is 0.796. The Balaban J connectivity index is 1.64. The van der Waals surface area contributed by atoms with Crippen molar-refractivity contribution >= 4 is 15.8 Å². The maximum atomic E-state index is 12.5. The lowest BCUT2D eigenvalue weighted by molar-refractivity contribution is -0.274. The van der Waals surface area contributed by atoms with E-state index in [2.05, 4.69) is 14.7 Å². The molecule has 0 radical (unpaired) electrons. The van der Waals surface area contributed by atoms with Crippen LogP contribution in [0.5, 0.6) is 5.75 Å². The number of aromatic nitrogens is 2. The van der Waals surface area contributed by atoms with Gasteiger partial charge >= 0.3 is 6.36 Å². The molecule has 2 aromatic heterocycles. The van der Waals surface area contributed by atoms with E-state index in [9.17, 15) is 21.6 Å². The summed E-state index contributed by atoms with van der Waals surface area (Å²) in [6.07, 6.45) is -0.992. The first-order valence-electron chi connectivity index (χ1n) is 7.63. The first kappa shape index (κ1) is 18.4. The van der Waals surface area contributed by atoms with Gasteiger partial charge in [0, 0.05) is 38.6 Å². The van der Waals surface area contributed by atoms with Crippen LogP contribution in [-0.2, 0) is 10.0 Å². The minimum absolute atomic E-state index is 0.125. The third-order valence-electron chi connectivity index (χ3n) is 3.79. The summed E-state index contributed by atoms with van der Waals surface area (Å²) in [6.45, 7) is 1.21. The molecule has 0 unspecified atom stereocenters.